The van der Waals surface area contributed by atoms with Crippen LogP contribution in [0, 0.1) is 0 Å². The molecule has 106 valence electrons. The van der Waals surface area contributed by atoms with E-state index in [0.29, 0.717) is 21.5 Å². The Hall–Kier alpha value is -1.52. The Morgan fingerprint density at radius 3 is 2.55 bits per heavy atom. The van der Waals surface area contributed by atoms with Gasteiger partial charge in [-0.05, 0) is 39.0 Å². The molecule has 2 rings (SSSR count). The van der Waals surface area contributed by atoms with Crippen molar-refractivity contribution in [2.45, 2.75) is 26.3 Å². The van der Waals surface area contributed by atoms with Crippen LogP contribution in [0.25, 0.3) is 11.5 Å². The number of nitrogens with one attached hydrogen (secondary N) is 1. The summed E-state index contributed by atoms with van der Waals surface area (Å²) in [5.41, 5.74) is 0.551. The van der Waals surface area contributed by atoms with Crippen molar-refractivity contribution in [1.29, 1.82) is 0 Å². The number of benzene rings is 1. The molecule has 1 aromatic heterocycles. The van der Waals surface area contributed by atoms with E-state index < -0.39 is 0 Å². The van der Waals surface area contributed by atoms with Crippen LogP contribution in [-0.2, 0) is 0 Å². The van der Waals surface area contributed by atoms with Crippen molar-refractivity contribution < 1.29 is 9.21 Å². The molecule has 0 aliphatic heterocycles. The molecule has 20 heavy (non-hydrogen) atoms. The minimum absolute atomic E-state index is 0.223. The average Bonchev–Trinajstić information content (AvgIpc) is 2.80. The number of amides is 1. The number of rotatable bonds is 2. The Balaban J connectivity index is 2.24. The van der Waals surface area contributed by atoms with E-state index in [2.05, 4.69) is 10.3 Å². The summed E-state index contributed by atoms with van der Waals surface area (Å²) in [7, 11) is 0. The molecule has 0 fully saturated rings. The molecule has 0 spiro atoms. The van der Waals surface area contributed by atoms with E-state index in [1.807, 2.05) is 20.8 Å². The number of hydrogen-bond donors (Lipinski definition) is 1. The Bertz CT molecular complexity index is 645. The van der Waals surface area contributed by atoms with Gasteiger partial charge in [0.2, 0.25) is 5.89 Å². The SMILES string of the molecule is CC(C)(C)NC(=O)c1coc(-c2ccc(Cl)c(Cl)c2)n1. The lowest BCUT2D eigenvalue weighted by Gasteiger charge is -2.19. The molecule has 0 saturated carbocycles. The highest BCUT2D eigenvalue weighted by Crippen LogP contribution is 2.28. The first kappa shape index (κ1) is 14.9. The van der Waals surface area contributed by atoms with Crippen LogP contribution in [0.1, 0.15) is 31.3 Å². The number of aromatic nitrogens is 1. The standard InChI is InChI=1S/C14H14Cl2N2O2/c1-14(2,3)18-12(19)11-7-20-13(17-11)8-4-5-9(15)10(16)6-8/h4-7H,1-3H3,(H,18,19). The molecule has 0 atom stereocenters. The van der Waals surface area contributed by atoms with Gasteiger partial charge in [0.25, 0.3) is 5.91 Å². The van der Waals surface area contributed by atoms with Crippen LogP contribution >= 0.6 is 23.2 Å². The fourth-order valence-corrected chi connectivity index (χ4v) is 1.84. The monoisotopic (exact) mass is 312 g/mol. The first-order chi connectivity index (χ1) is 9.26. The van der Waals surface area contributed by atoms with Crippen LogP contribution in [-0.4, -0.2) is 16.4 Å². The lowest BCUT2D eigenvalue weighted by atomic mass is 10.1. The molecule has 0 aliphatic carbocycles. The van der Waals surface area contributed by atoms with Crippen LogP contribution in [0.4, 0.5) is 0 Å². The molecule has 1 N–H and O–H groups in total. The van der Waals surface area contributed by atoms with Crippen molar-refractivity contribution in [1.82, 2.24) is 10.3 Å². The van der Waals surface area contributed by atoms with Gasteiger partial charge >= 0.3 is 0 Å². The van der Waals surface area contributed by atoms with Crippen molar-refractivity contribution in [2.24, 2.45) is 0 Å². The third-order valence-corrected chi connectivity index (χ3v) is 3.13. The fraction of sp³-hybridized carbons (Fsp3) is 0.286. The Morgan fingerprint density at radius 2 is 1.95 bits per heavy atom. The fourth-order valence-electron chi connectivity index (χ4n) is 1.54. The summed E-state index contributed by atoms with van der Waals surface area (Å²) in [5, 5.41) is 3.67. The normalized spacial score (nSPS) is 11.4. The zero-order chi connectivity index (χ0) is 14.9. The third-order valence-electron chi connectivity index (χ3n) is 2.39. The predicted molar refractivity (Wildman–Crippen MR) is 79.2 cm³/mol. The number of carbonyl (C=O) groups is 1. The maximum atomic E-state index is 11.9. The summed E-state index contributed by atoms with van der Waals surface area (Å²) < 4.78 is 5.31. The quantitative estimate of drug-likeness (QED) is 0.905. The zero-order valence-electron chi connectivity index (χ0n) is 11.3. The molecule has 0 aliphatic rings. The van der Waals surface area contributed by atoms with Gasteiger partial charge in [-0.2, -0.15) is 0 Å². The smallest absolute Gasteiger partial charge is 0.273 e. The molecule has 0 radical (unpaired) electrons. The predicted octanol–water partition coefficient (Wildman–Crippen LogP) is 4.18. The molecule has 1 heterocycles. The van der Waals surface area contributed by atoms with E-state index in [1.54, 1.807) is 18.2 Å². The van der Waals surface area contributed by atoms with Crippen LogP contribution in [0.3, 0.4) is 0 Å². The molecule has 1 amide bonds. The number of halogens is 2. The van der Waals surface area contributed by atoms with Gasteiger partial charge in [-0.15, -0.1) is 0 Å². The minimum atomic E-state index is -0.334. The third kappa shape index (κ3) is 3.52. The maximum Gasteiger partial charge on any atom is 0.273 e. The lowest BCUT2D eigenvalue weighted by Crippen LogP contribution is -2.40. The number of carbonyl (C=O) groups excluding carboxylic acids is 1. The number of hydrogen-bond acceptors (Lipinski definition) is 3. The van der Waals surface area contributed by atoms with Gasteiger partial charge in [-0.25, -0.2) is 4.98 Å². The first-order valence-corrected chi connectivity index (χ1v) is 6.75. The second kappa shape index (κ2) is 5.46. The molecule has 0 unspecified atom stereocenters. The van der Waals surface area contributed by atoms with Gasteiger partial charge in [0, 0.05) is 11.1 Å². The molecular formula is C14H14Cl2N2O2. The summed E-state index contributed by atoms with van der Waals surface area (Å²) in [4.78, 5) is 16.1. The molecule has 2 aromatic rings. The summed E-state index contributed by atoms with van der Waals surface area (Å²) in [6, 6.07) is 5.02. The summed E-state index contributed by atoms with van der Waals surface area (Å²) >= 11 is 11.8. The van der Waals surface area contributed by atoms with E-state index in [9.17, 15) is 4.79 Å². The van der Waals surface area contributed by atoms with Crippen molar-refractivity contribution in [2.75, 3.05) is 0 Å². The zero-order valence-corrected chi connectivity index (χ0v) is 12.8. The lowest BCUT2D eigenvalue weighted by molar-refractivity contribution is 0.0914. The highest BCUT2D eigenvalue weighted by Gasteiger charge is 2.19. The van der Waals surface area contributed by atoms with Gasteiger partial charge < -0.3 is 9.73 Å². The van der Waals surface area contributed by atoms with E-state index >= 15 is 0 Å². The Labute approximate surface area is 127 Å². The second-order valence-electron chi connectivity index (χ2n) is 5.37. The Kier molecular flexibility index (Phi) is 4.06. The van der Waals surface area contributed by atoms with Crippen molar-refractivity contribution in [3.63, 3.8) is 0 Å². The molecule has 1 aromatic carbocycles. The van der Waals surface area contributed by atoms with E-state index in [4.69, 9.17) is 27.6 Å². The highest BCUT2D eigenvalue weighted by atomic mass is 35.5. The van der Waals surface area contributed by atoms with Gasteiger partial charge in [-0.1, -0.05) is 23.2 Å². The number of nitrogens with zero attached hydrogens (tertiary/aromatic N) is 1. The van der Waals surface area contributed by atoms with Gasteiger partial charge in [0.1, 0.15) is 6.26 Å². The van der Waals surface area contributed by atoms with Crippen LogP contribution in [0.2, 0.25) is 10.0 Å². The van der Waals surface area contributed by atoms with Gasteiger partial charge in [0.05, 0.1) is 10.0 Å². The summed E-state index contributed by atoms with van der Waals surface area (Å²) in [6.07, 6.45) is 1.32. The Morgan fingerprint density at radius 1 is 1.25 bits per heavy atom. The van der Waals surface area contributed by atoms with Crippen LogP contribution in [0.15, 0.2) is 28.9 Å². The summed E-state index contributed by atoms with van der Waals surface area (Å²) in [6.45, 7) is 5.68. The molecule has 0 saturated heterocycles. The van der Waals surface area contributed by atoms with Crippen LogP contribution < -0.4 is 5.32 Å². The van der Waals surface area contributed by atoms with Crippen molar-refractivity contribution in [3.05, 3.63) is 40.2 Å². The maximum absolute atomic E-state index is 11.9. The van der Waals surface area contributed by atoms with Gasteiger partial charge in [-0.3, -0.25) is 4.79 Å². The highest BCUT2D eigenvalue weighted by molar-refractivity contribution is 6.42. The van der Waals surface area contributed by atoms with Crippen molar-refractivity contribution >= 4 is 29.1 Å². The van der Waals surface area contributed by atoms with Gasteiger partial charge in [0.15, 0.2) is 5.69 Å². The second-order valence-corrected chi connectivity index (χ2v) is 6.19. The molecule has 4 nitrogen and oxygen atoms in total. The largest absolute Gasteiger partial charge is 0.444 e. The van der Waals surface area contributed by atoms with Crippen molar-refractivity contribution in [3.8, 4) is 11.5 Å². The molecule has 0 bridgehead atoms. The van der Waals surface area contributed by atoms with E-state index in [0.717, 1.165) is 0 Å². The first-order valence-electron chi connectivity index (χ1n) is 6.00. The average molecular weight is 313 g/mol. The molecular weight excluding hydrogens is 299 g/mol. The number of oxazole rings is 1. The minimum Gasteiger partial charge on any atom is -0.444 e. The van der Waals surface area contributed by atoms with Crippen LogP contribution in [0.5, 0.6) is 0 Å². The van der Waals surface area contributed by atoms with E-state index in [-0.39, 0.29) is 17.1 Å². The summed E-state index contributed by atoms with van der Waals surface area (Å²) in [5.74, 6) is 0.0372. The van der Waals surface area contributed by atoms with E-state index in [1.165, 1.54) is 6.26 Å². The molecule has 6 heteroatoms. The topological polar surface area (TPSA) is 55.1 Å².